The standard InChI is InChI=1S/C13H9ClFN3O/c1-19-11-5-4-10-13(17-11)18-12(16-10)8-3-2-7(14)6-9(8)15/h2-6H,1H3,(H,16,17,18). The van der Waals surface area contributed by atoms with Crippen LogP contribution in [0.1, 0.15) is 0 Å². The Kier molecular flexibility index (Phi) is 2.83. The predicted molar refractivity (Wildman–Crippen MR) is 70.8 cm³/mol. The third-order valence-corrected chi connectivity index (χ3v) is 2.95. The van der Waals surface area contributed by atoms with Crippen LogP contribution in [0.4, 0.5) is 4.39 Å². The van der Waals surface area contributed by atoms with Crippen molar-refractivity contribution in [3.63, 3.8) is 0 Å². The maximum absolute atomic E-state index is 13.8. The van der Waals surface area contributed by atoms with Crippen molar-refractivity contribution in [3.8, 4) is 17.3 Å². The molecule has 0 bridgehead atoms. The lowest BCUT2D eigenvalue weighted by Crippen LogP contribution is -1.87. The van der Waals surface area contributed by atoms with Crippen LogP contribution >= 0.6 is 11.6 Å². The highest BCUT2D eigenvalue weighted by molar-refractivity contribution is 6.30. The van der Waals surface area contributed by atoms with Gasteiger partial charge in [0.25, 0.3) is 0 Å². The summed E-state index contributed by atoms with van der Waals surface area (Å²) >= 11 is 5.72. The molecule has 0 saturated heterocycles. The van der Waals surface area contributed by atoms with E-state index >= 15 is 0 Å². The maximum atomic E-state index is 13.8. The van der Waals surface area contributed by atoms with E-state index in [0.717, 1.165) is 0 Å². The van der Waals surface area contributed by atoms with Crippen LogP contribution in [0.5, 0.6) is 5.88 Å². The lowest BCUT2D eigenvalue weighted by Gasteiger charge is -1.98. The van der Waals surface area contributed by atoms with Crippen molar-refractivity contribution >= 4 is 22.8 Å². The van der Waals surface area contributed by atoms with Gasteiger partial charge in [-0.25, -0.2) is 9.37 Å². The topological polar surface area (TPSA) is 50.8 Å². The van der Waals surface area contributed by atoms with Crippen molar-refractivity contribution in [2.24, 2.45) is 0 Å². The first-order chi connectivity index (χ1) is 9.17. The second kappa shape index (κ2) is 4.51. The number of H-pyrrole nitrogens is 1. The van der Waals surface area contributed by atoms with Crippen molar-refractivity contribution in [2.75, 3.05) is 7.11 Å². The number of halogens is 2. The monoisotopic (exact) mass is 277 g/mol. The molecule has 0 atom stereocenters. The Morgan fingerprint density at radius 3 is 2.79 bits per heavy atom. The minimum Gasteiger partial charge on any atom is -0.481 e. The Morgan fingerprint density at radius 1 is 1.21 bits per heavy atom. The van der Waals surface area contributed by atoms with Gasteiger partial charge in [0.05, 0.1) is 18.2 Å². The largest absolute Gasteiger partial charge is 0.481 e. The van der Waals surface area contributed by atoms with Crippen LogP contribution in [0.3, 0.4) is 0 Å². The average molecular weight is 278 g/mol. The first-order valence-electron chi connectivity index (χ1n) is 5.53. The van der Waals surface area contributed by atoms with E-state index in [9.17, 15) is 4.39 Å². The van der Waals surface area contributed by atoms with E-state index in [0.29, 0.717) is 33.5 Å². The Hall–Kier alpha value is -2.14. The molecule has 0 aliphatic carbocycles. The molecule has 1 aromatic carbocycles. The molecule has 0 aliphatic rings. The van der Waals surface area contributed by atoms with E-state index in [1.54, 1.807) is 24.3 Å². The summed E-state index contributed by atoms with van der Waals surface area (Å²) in [4.78, 5) is 11.4. The highest BCUT2D eigenvalue weighted by atomic mass is 35.5. The number of hydrogen-bond donors (Lipinski definition) is 1. The van der Waals surface area contributed by atoms with Crippen molar-refractivity contribution in [1.82, 2.24) is 15.0 Å². The van der Waals surface area contributed by atoms with Crippen LogP contribution in [0, 0.1) is 5.82 Å². The number of methoxy groups -OCH3 is 1. The number of benzene rings is 1. The summed E-state index contributed by atoms with van der Waals surface area (Å²) in [6, 6.07) is 7.93. The molecule has 19 heavy (non-hydrogen) atoms. The van der Waals surface area contributed by atoms with Gasteiger partial charge >= 0.3 is 0 Å². The van der Waals surface area contributed by atoms with Gasteiger partial charge in [-0.15, -0.1) is 0 Å². The number of nitrogens with one attached hydrogen (secondary N) is 1. The van der Waals surface area contributed by atoms with Crippen molar-refractivity contribution in [3.05, 3.63) is 41.2 Å². The van der Waals surface area contributed by atoms with Gasteiger partial charge in [0.1, 0.15) is 11.6 Å². The quantitative estimate of drug-likeness (QED) is 0.781. The number of ether oxygens (including phenoxy) is 1. The molecule has 3 rings (SSSR count). The summed E-state index contributed by atoms with van der Waals surface area (Å²) in [5.41, 5.74) is 1.54. The Morgan fingerprint density at radius 2 is 2.05 bits per heavy atom. The predicted octanol–water partition coefficient (Wildman–Crippen LogP) is 3.43. The summed E-state index contributed by atoms with van der Waals surface area (Å²) in [5.74, 6) is 0.436. The van der Waals surface area contributed by atoms with Gasteiger partial charge in [0.15, 0.2) is 5.65 Å². The summed E-state index contributed by atoms with van der Waals surface area (Å²) in [7, 11) is 1.53. The second-order valence-corrected chi connectivity index (χ2v) is 4.37. The summed E-state index contributed by atoms with van der Waals surface area (Å²) < 4.78 is 18.8. The minimum atomic E-state index is -0.432. The fourth-order valence-electron chi connectivity index (χ4n) is 1.80. The molecule has 0 aliphatic heterocycles. The second-order valence-electron chi connectivity index (χ2n) is 3.93. The molecule has 96 valence electrons. The van der Waals surface area contributed by atoms with Gasteiger partial charge in [-0.2, -0.15) is 4.98 Å². The molecule has 2 aromatic heterocycles. The number of fused-ring (bicyclic) bond motifs is 1. The third-order valence-electron chi connectivity index (χ3n) is 2.72. The zero-order valence-electron chi connectivity index (χ0n) is 9.95. The summed E-state index contributed by atoms with van der Waals surface area (Å²) in [5, 5.41) is 0.345. The molecule has 1 N–H and O–H groups in total. The van der Waals surface area contributed by atoms with Gasteiger partial charge in [-0.1, -0.05) is 11.6 Å². The molecule has 0 fully saturated rings. The number of rotatable bonds is 2. The number of imidazole rings is 1. The molecule has 0 spiro atoms. The molecule has 0 radical (unpaired) electrons. The summed E-state index contributed by atoms with van der Waals surface area (Å²) in [6.45, 7) is 0. The number of pyridine rings is 1. The number of aromatic amines is 1. The van der Waals surface area contributed by atoms with Crippen molar-refractivity contribution < 1.29 is 9.13 Å². The molecular weight excluding hydrogens is 269 g/mol. The number of aromatic nitrogens is 3. The SMILES string of the molecule is COc1ccc2[nH]c(-c3ccc(Cl)cc3F)nc2n1. The van der Waals surface area contributed by atoms with E-state index in [4.69, 9.17) is 16.3 Å². The molecule has 0 unspecified atom stereocenters. The van der Waals surface area contributed by atoms with E-state index in [2.05, 4.69) is 15.0 Å². The Balaban J connectivity index is 2.14. The first kappa shape index (κ1) is 11.9. The van der Waals surface area contributed by atoms with Gasteiger partial charge in [-0.05, 0) is 24.3 Å². The van der Waals surface area contributed by atoms with Crippen LogP contribution in [0.15, 0.2) is 30.3 Å². The molecule has 3 aromatic rings. The molecular formula is C13H9ClFN3O. The van der Waals surface area contributed by atoms with Crippen LogP contribution < -0.4 is 4.74 Å². The van der Waals surface area contributed by atoms with Crippen molar-refractivity contribution in [1.29, 1.82) is 0 Å². The maximum Gasteiger partial charge on any atom is 0.215 e. The van der Waals surface area contributed by atoms with E-state index in [1.807, 2.05) is 0 Å². The fourth-order valence-corrected chi connectivity index (χ4v) is 1.96. The van der Waals surface area contributed by atoms with E-state index in [1.165, 1.54) is 13.2 Å². The van der Waals surface area contributed by atoms with Gasteiger partial charge in [-0.3, -0.25) is 0 Å². The lowest BCUT2D eigenvalue weighted by molar-refractivity contribution is 0.399. The fraction of sp³-hybridized carbons (Fsp3) is 0.0769. The van der Waals surface area contributed by atoms with Crippen LogP contribution in [0.25, 0.3) is 22.6 Å². The van der Waals surface area contributed by atoms with E-state index in [-0.39, 0.29) is 0 Å². The van der Waals surface area contributed by atoms with Gasteiger partial charge < -0.3 is 9.72 Å². The molecule has 0 amide bonds. The zero-order chi connectivity index (χ0) is 13.4. The van der Waals surface area contributed by atoms with Crippen LogP contribution in [-0.4, -0.2) is 22.1 Å². The minimum absolute atomic E-state index is 0.345. The molecule has 6 heteroatoms. The molecule has 2 heterocycles. The Labute approximate surface area is 113 Å². The highest BCUT2D eigenvalue weighted by Crippen LogP contribution is 2.25. The lowest BCUT2D eigenvalue weighted by atomic mass is 10.2. The molecule has 0 saturated carbocycles. The van der Waals surface area contributed by atoms with Crippen molar-refractivity contribution in [2.45, 2.75) is 0 Å². The molecule has 4 nitrogen and oxygen atoms in total. The van der Waals surface area contributed by atoms with Crippen LogP contribution in [0.2, 0.25) is 5.02 Å². The third kappa shape index (κ3) is 2.13. The number of hydrogen-bond acceptors (Lipinski definition) is 3. The van der Waals surface area contributed by atoms with E-state index < -0.39 is 5.82 Å². The van der Waals surface area contributed by atoms with Crippen LogP contribution in [-0.2, 0) is 0 Å². The van der Waals surface area contributed by atoms with Gasteiger partial charge in [0, 0.05) is 11.1 Å². The van der Waals surface area contributed by atoms with Gasteiger partial charge in [0.2, 0.25) is 5.88 Å². The average Bonchev–Trinajstić information content (AvgIpc) is 2.80. The highest BCUT2D eigenvalue weighted by Gasteiger charge is 2.11. The summed E-state index contributed by atoms with van der Waals surface area (Å²) in [6.07, 6.45) is 0. The normalized spacial score (nSPS) is 10.9. The smallest absolute Gasteiger partial charge is 0.215 e. The number of nitrogens with zero attached hydrogens (tertiary/aromatic N) is 2. The Bertz CT molecular complexity index is 757. The zero-order valence-corrected chi connectivity index (χ0v) is 10.7. The first-order valence-corrected chi connectivity index (χ1v) is 5.91.